The van der Waals surface area contributed by atoms with Crippen LogP contribution < -0.4 is 4.74 Å². The van der Waals surface area contributed by atoms with E-state index < -0.39 is 11.8 Å². The van der Waals surface area contributed by atoms with Crippen LogP contribution in [0, 0.1) is 19.7 Å². The molecule has 2 aromatic heterocycles. The van der Waals surface area contributed by atoms with E-state index in [9.17, 15) is 9.18 Å². The number of carbonyl (C=O) groups is 1. The molecule has 158 valence electrons. The molecule has 0 fully saturated rings. The Morgan fingerprint density at radius 1 is 1.23 bits per heavy atom. The molecule has 0 aliphatic rings. The van der Waals surface area contributed by atoms with Crippen molar-refractivity contribution >= 4 is 5.97 Å². The van der Waals surface area contributed by atoms with Crippen molar-refractivity contribution in [1.82, 2.24) is 15.2 Å². The number of pyridine rings is 1. The molecule has 1 atom stereocenters. The number of rotatable bonds is 9. The van der Waals surface area contributed by atoms with Gasteiger partial charge < -0.3 is 9.47 Å². The number of aryl methyl sites for hydroxylation is 2. The largest absolute Gasteiger partial charge is 0.490 e. The van der Waals surface area contributed by atoms with Crippen LogP contribution in [0.1, 0.15) is 46.3 Å². The average molecular weight is 411 g/mol. The highest BCUT2D eigenvalue weighted by Crippen LogP contribution is 2.21. The first-order chi connectivity index (χ1) is 14.4. The summed E-state index contributed by atoms with van der Waals surface area (Å²) >= 11 is 0. The molecule has 2 heterocycles. The predicted molar refractivity (Wildman–Crippen MR) is 111 cm³/mol. The quantitative estimate of drug-likeness (QED) is 0.418. The van der Waals surface area contributed by atoms with Crippen LogP contribution in [0.15, 0.2) is 42.6 Å². The molecule has 3 rings (SSSR count). The maximum Gasteiger partial charge on any atom is 0.338 e. The topological polar surface area (TPSA) is 77.1 Å². The van der Waals surface area contributed by atoms with Crippen molar-refractivity contribution in [2.75, 3.05) is 6.61 Å². The number of aromatic amines is 1. The fourth-order valence-corrected chi connectivity index (χ4v) is 3.22. The number of H-pyrrole nitrogens is 1. The first kappa shape index (κ1) is 21.5. The summed E-state index contributed by atoms with van der Waals surface area (Å²) in [5, 5.41) is 7.12. The second kappa shape index (κ2) is 10.0. The molecule has 0 aliphatic heterocycles. The van der Waals surface area contributed by atoms with E-state index in [0.717, 1.165) is 29.1 Å². The third-order valence-electron chi connectivity index (χ3n) is 4.81. The molecule has 30 heavy (non-hydrogen) atoms. The number of hydrogen-bond acceptors (Lipinski definition) is 5. The van der Waals surface area contributed by atoms with E-state index in [1.165, 1.54) is 18.2 Å². The van der Waals surface area contributed by atoms with Crippen molar-refractivity contribution < 1.29 is 18.7 Å². The van der Waals surface area contributed by atoms with Gasteiger partial charge in [0, 0.05) is 24.0 Å². The average Bonchev–Trinajstić information content (AvgIpc) is 3.04. The third kappa shape index (κ3) is 5.65. The Kier molecular flexibility index (Phi) is 7.17. The van der Waals surface area contributed by atoms with Crippen LogP contribution in [0.25, 0.3) is 0 Å². The normalized spacial score (nSPS) is 11.9. The Balaban J connectivity index is 1.54. The van der Waals surface area contributed by atoms with Gasteiger partial charge in [0.05, 0.1) is 17.9 Å². The van der Waals surface area contributed by atoms with E-state index in [1.807, 2.05) is 32.0 Å². The summed E-state index contributed by atoms with van der Waals surface area (Å²) in [4.78, 5) is 16.7. The molecule has 0 bridgehead atoms. The molecular formula is C23H26FN3O3. The van der Waals surface area contributed by atoms with E-state index >= 15 is 0 Å². The Morgan fingerprint density at radius 3 is 2.77 bits per heavy atom. The van der Waals surface area contributed by atoms with Gasteiger partial charge in [-0.1, -0.05) is 6.07 Å². The molecule has 0 aliphatic carbocycles. The molecule has 1 aromatic carbocycles. The SMILES string of the molecule is Cc1n[nH]c(C)c1CCCOc1cc(C(=O)OC(C)Cc2ccccn2)ccc1F. The lowest BCUT2D eigenvalue weighted by atomic mass is 10.1. The van der Waals surface area contributed by atoms with Crippen molar-refractivity contribution in [2.45, 2.75) is 46.1 Å². The number of nitrogens with one attached hydrogen (secondary N) is 1. The summed E-state index contributed by atoms with van der Waals surface area (Å²) in [6.45, 7) is 6.05. The molecule has 0 spiro atoms. The lowest BCUT2D eigenvalue weighted by Crippen LogP contribution is -2.18. The van der Waals surface area contributed by atoms with Gasteiger partial charge >= 0.3 is 5.97 Å². The number of halogens is 1. The highest BCUT2D eigenvalue weighted by Gasteiger charge is 2.16. The Morgan fingerprint density at radius 2 is 2.07 bits per heavy atom. The molecule has 0 radical (unpaired) electrons. The summed E-state index contributed by atoms with van der Waals surface area (Å²) in [6.07, 6.45) is 3.33. The first-order valence-corrected chi connectivity index (χ1v) is 9.97. The molecule has 3 aromatic rings. The number of carbonyl (C=O) groups excluding carboxylic acids is 1. The molecular weight excluding hydrogens is 385 g/mol. The van der Waals surface area contributed by atoms with E-state index in [-0.39, 0.29) is 17.4 Å². The molecule has 6 nitrogen and oxygen atoms in total. The van der Waals surface area contributed by atoms with Crippen molar-refractivity contribution in [2.24, 2.45) is 0 Å². The molecule has 0 saturated carbocycles. The minimum Gasteiger partial charge on any atom is -0.490 e. The van der Waals surface area contributed by atoms with Gasteiger partial charge in [0.15, 0.2) is 11.6 Å². The minimum atomic E-state index is -0.520. The summed E-state index contributed by atoms with van der Waals surface area (Å²) in [6, 6.07) is 9.60. The van der Waals surface area contributed by atoms with E-state index in [0.29, 0.717) is 19.4 Å². The van der Waals surface area contributed by atoms with Gasteiger partial charge in [-0.2, -0.15) is 5.10 Å². The number of nitrogens with zero attached hydrogens (tertiary/aromatic N) is 2. The number of benzene rings is 1. The summed E-state index contributed by atoms with van der Waals surface area (Å²) in [5.74, 6) is -0.987. The summed E-state index contributed by atoms with van der Waals surface area (Å²) in [5.41, 5.74) is 4.23. The van der Waals surface area contributed by atoms with Crippen LogP contribution in [0.3, 0.4) is 0 Å². The molecule has 1 N–H and O–H groups in total. The van der Waals surface area contributed by atoms with Gasteiger partial charge in [-0.05, 0) is 69.5 Å². The van der Waals surface area contributed by atoms with Crippen LogP contribution in [0.2, 0.25) is 0 Å². The molecule has 1 unspecified atom stereocenters. The minimum absolute atomic E-state index is 0.0440. The zero-order valence-electron chi connectivity index (χ0n) is 17.4. The molecule has 7 heteroatoms. The van der Waals surface area contributed by atoms with Crippen LogP contribution in [0.5, 0.6) is 5.75 Å². The fourth-order valence-electron chi connectivity index (χ4n) is 3.22. The maximum absolute atomic E-state index is 14.1. The Labute approximate surface area is 175 Å². The van der Waals surface area contributed by atoms with E-state index in [2.05, 4.69) is 15.2 Å². The van der Waals surface area contributed by atoms with Gasteiger partial charge in [0.2, 0.25) is 0 Å². The number of ether oxygens (including phenoxy) is 2. The van der Waals surface area contributed by atoms with Crippen molar-refractivity contribution in [3.63, 3.8) is 0 Å². The fraction of sp³-hybridized carbons (Fsp3) is 0.348. The van der Waals surface area contributed by atoms with Crippen LogP contribution >= 0.6 is 0 Å². The van der Waals surface area contributed by atoms with Crippen LogP contribution in [0.4, 0.5) is 4.39 Å². The standard InChI is InChI=1S/C23H26FN3O3/c1-15(13-19-7-4-5-11-25-19)30-23(28)18-9-10-21(24)22(14-18)29-12-6-8-20-16(2)26-27-17(20)3/h4-5,7,9-11,14-15H,6,8,12-13H2,1-3H3,(H,26,27). The first-order valence-electron chi connectivity index (χ1n) is 9.97. The lowest BCUT2D eigenvalue weighted by Gasteiger charge is -2.14. The summed E-state index contributed by atoms with van der Waals surface area (Å²) in [7, 11) is 0. The van der Waals surface area contributed by atoms with Crippen LogP contribution in [-0.4, -0.2) is 33.9 Å². The van der Waals surface area contributed by atoms with Crippen molar-refractivity contribution in [3.8, 4) is 5.75 Å². The van der Waals surface area contributed by atoms with Crippen LogP contribution in [-0.2, 0) is 17.6 Å². The lowest BCUT2D eigenvalue weighted by molar-refractivity contribution is 0.0340. The molecule has 0 amide bonds. The van der Waals surface area contributed by atoms with Gasteiger partial charge in [-0.25, -0.2) is 9.18 Å². The van der Waals surface area contributed by atoms with Gasteiger partial charge in [-0.3, -0.25) is 10.1 Å². The molecule has 0 saturated heterocycles. The van der Waals surface area contributed by atoms with Gasteiger partial charge in [0.1, 0.15) is 6.10 Å². The Bertz CT molecular complexity index is 969. The summed E-state index contributed by atoms with van der Waals surface area (Å²) < 4.78 is 25.2. The zero-order valence-corrected chi connectivity index (χ0v) is 17.4. The maximum atomic E-state index is 14.1. The van der Waals surface area contributed by atoms with E-state index in [1.54, 1.807) is 13.1 Å². The third-order valence-corrected chi connectivity index (χ3v) is 4.81. The van der Waals surface area contributed by atoms with Crippen molar-refractivity contribution in [1.29, 1.82) is 0 Å². The number of hydrogen-bond donors (Lipinski definition) is 1. The van der Waals surface area contributed by atoms with Gasteiger partial charge in [-0.15, -0.1) is 0 Å². The number of esters is 1. The second-order valence-corrected chi connectivity index (χ2v) is 7.25. The monoisotopic (exact) mass is 411 g/mol. The van der Waals surface area contributed by atoms with E-state index in [4.69, 9.17) is 9.47 Å². The second-order valence-electron chi connectivity index (χ2n) is 7.25. The highest BCUT2D eigenvalue weighted by molar-refractivity contribution is 5.90. The van der Waals surface area contributed by atoms with Gasteiger partial charge in [0.25, 0.3) is 0 Å². The zero-order chi connectivity index (χ0) is 21.5. The number of aromatic nitrogens is 3. The van der Waals surface area contributed by atoms with Crippen molar-refractivity contribution in [3.05, 3.63) is 76.6 Å². The highest BCUT2D eigenvalue weighted by atomic mass is 19.1. The smallest absolute Gasteiger partial charge is 0.338 e. The predicted octanol–water partition coefficient (Wildman–Crippen LogP) is 4.36. The Hall–Kier alpha value is -3.22.